The lowest BCUT2D eigenvalue weighted by atomic mass is 10.1. The molecule has 0 fully saturated rings. The summed E-state index contributed by atoms with van der Waals surface area (Å²) in [7, 11) is 1.69. The van der Waals surface area contributed by atoms with Crippen LogP contribution in [0.15, 0.2) is 78.9 Å². The molecule has 0 saturated carbocycles. The van der Waals surface area contributed by atoms with E-state index in [2.05, 4.69) is 79.0 Å². The van der Waals surface area contributed by atoms with Crippen molar-refractivity contribution in [2.45, 2.75) is 38.8 Å². The molecule has 1 atom stereocenters. The van der Waals surface area contributed by atoms with E-state index in [-0.39, 0.29) is 0 Å². The van der Waals surface area contributed by atoms with Gasteiger partial charge in [0.25, 0.3) is 0 Å². The normalized spacial score (nSPS) is 11.8. The fourth-order valence-electron chi connectivity index (χ4n) is 3.29. The maximum Gasteiger partial charge on any atom is 0.161 e. The number of hydrogen-bond acceptors (Lipinski definition) is 3. The average Bonchev–Trinajstić information content (AvgIpc) is 2.78. The molecule has 3 nitrogen and oxygen atoms in total. The van der Waals surface area contributed by atoms with Gasteiger partial charge in [-0.2, -0.15) is 0 Å². The predicted molar refractivity (Wildman–Crippen MR) is 120 cm³/mol. The van der Waals surface area contributed by atoms with E-state index < -0.39 is 0 Å². The zero-order chi connectivity index (χ0) is 20.3. The number of nitrogens with one attached hydrogen (secondary N) is 1. The number of hydrogen-bond donors (Lipinski definition) is 1. The van der Waals surface area contributed by atoms with Crippen molar-refractivity contribution in [1.29, 1.82) is 0 Å². The Hall–Kier alpha value is -2.78. The van der Waals surface area contributed by atoms with Gasteiger partial charge in [-0.15, -0.1) is 0 Å². The van der Waals surface area contributed by atoms with Crippen LogP contribution in [-0.2, 0) is 19.4 Å². The fraction of sp³-hybridized carbons (Fsp3) is 0.308. The van der Waals surface area contributed by atoms with Gasteiger partial charge in [0.05, 0.1) is 13.7 Å². The third kappa shape index (κ3) is 6.95. The summed E-state index contributed by atoms with van der Waals surface area (Å²) in [4.78, 5) is 0. The highest BCUT2D eigenvalue weighted by molar-refractivity contribution is 5.43. The van der Waals surface area contributed by atoms with Crippen molar-refractivity contribution >= 4 is 0 Å². The first kappa shape index (κ1) is 20.9. The largest absolute Gasteiger partial charge is 0.493 e. The van der Waals surface area contributed by atoms with E-state index in [4.69, 9.17) is 9.47 Å². The molecule has 0 aliphatic rings. The summed E-state index contributed by atoms with van der Waals surface area (Å²) in [5, 5.41) is 3.61. The lowest BCUT2D eigenvalue weighted by molar-refractivity contribution is 0.297. The van der Waals surface area contributed by atoms with Crippen LogP contribution in [0.3, 0.4) is 0 Å². The van der Waals surface area contributed by atoms with E-state index >= 15 is 0 Å². The number of rotatable bonds is 11. The summed E-state index contributed by atoms with van der Waals surface area (Å²) < 4.78 is 11.5. The molecular weight excluding hydrogens is 358 g/mol. The lowest BCUT2D eigenvalue weighted by Crippen LogP contribution is -2.26. The Morgan fingerprint density at radius 1 is 0.759 bits per heavy atom. The first-order chi connectivity index (χ1) is 14.2. The number of ether oxygens (including phenoxy) is 2. The molecule has 0 aliphatic carbocycles. The van der Waals surface area contributed by atoms with Crippen LogP contribution < -0.4 is 14.8 Å². The zero-order valence-corrected chi connectivity index (χ0v) is 17.4. The van der Waals surface area contributed by atoms with Crippen molar-refractivity contribution in [1.82, 2.24) is 5.32 Å². The molecule has 3 rings (SSSR count). The van der Waals surface area contributed by atoms with Crippen LogP contribution in [-0.4, -0.2) is 19.8 Å². The second-order valence-corrected chi connectivity index (χ2v) is 7.38. The van der Waals surface area contributed by atoms with Crippen molar-refractivity contribution < 1.29 is 9.47 Å². The summed E-state index contributed by atoms with van der Waals surface area (Å²) in [6.07, 6.45) is 3.08. The topological polar surface area (TPSA) is 30.5 Å². The standard InChI is InChI=1S/C26H31NO2/c1-21(13-14-22-9-5-3-6-10-22)27-20-24-15-16-25(26(19-24)28-2)29-18-17-23-11-7-4-8-12-23/h3-12,15-16,19,21,27H,13-14,17-18,20H2,1-2H3/t21-/m1/s1. The fourth-order valence-corrected chi connectivity index (χ4v) is 3.29. The first-order valence-electron chi connectivity index (χ1n) is 10.4. The van der Waals surface area contributed by atoms with E-state index in [0.29, 0.717) is 12.6 Å². The molecule has 3 heteroatoms. The molecule has 0 unspecified atom stereocenters. The van der Waals surface area contributed by atoms with Gasteiger partial charge in [-0.25, -0.2) is 0 Å². The lowest BCUT2D eigenvalue weighted by Gasteiger charge is -2.16. The highest BCUT2D eigenvalue weighted by Gasteiger charge is 2.08. The number of benzene rings is 3. The smallest absolute Gasteiger partial charge is 0.161 e. The molecule has 0 aromatic heterocycles. The molecule has 0 bridgehead atoms. The molecular formula is C26H31NO2. The Labute approximate surface area is 174 Å². The van der Waals surface area contributed by atoms with Gasteiger partial charge in [-0.05, 0) is 48.6 Å². The van der Waals surface area contributed by atoms with Gasteiger partial charge >= 0.3 is 0 Å². The Balaban J connectivity index is 1.46. The molecule has 3 aromatic rings. The first-order valence-corrected chi connectivity index (χ1v) is 10.4. The van der Waals surface area contributed by atoms with E-state index in [1.807, 2.05) is 12.1 Å². The van der Waals surface area contributed by atoms with Crippen LogP contribution in [0.2, 0.25) is 0 Å². The van der Waals surface area contributed by atoms with Crippen molar-refractivity contribution in [3.8, 4) is 11.5 Å². The Kier molecular flexibility index (Phi) is 8.14. The SMILES string of the molecule is COc1cc(CN[C@H](C)CCc2ccccc2)ccc1OCCc1ccccc1. The third-order valence-corrected chi connectivity index (χ3v) is 5.08. The van der Waals surface area contributed by atoms with Crippen LogP contribution in [0.25, 0.3) is 0 Å². The second-order valence-electron chi connectivity index (χ2n) is 7.38. The van der Waals surface area contributed by atoms with Crippen molar-refractivity contribution in [3.05, 3.63) is 95.6 Å². The minimum atomic E-state index is 0.447. The van der Waals surface area contributed by atoms with Crippen LogP contribution in [0.1, 0.15) is 30.0 Å². The van der Waals surface area contributed by atoms with Gasteiger partial charge in [0.15, 0.2) is 11.5 Å². The van der Waals surface area contributed by atoms with Gasteiger partial charge < -0.3 is 14.8 Å². The predicted octanol–water partition coefficient (Wildman–Crippen LogP) is 5.43. The van der Waals surface area contributed by atoms with Gasteiger partial charge in [0.1, 0.15) is 0 Å². The summed E-state index contributed by atoms with van der Waals surface area (Å²) in [6, 6.07) is 27.6. The Bertz CT molecular complexity index is 849. The molecule has 3 aromatic carbocycles. The quantitative estimate of drug-likeness (QED) is 0.474. The van der Waals surface area contributed by atoms with Gasteiger partial charge in [-0.3, -0.25) is 0 Å². The summed E-state index contributed by atoms with van der Waals surface area (Å²) in [5.74, 6) is 1.58. The molecule has 0 saturated heterocycles. The number of aryl methyl sites for hydroxylation is 1. The highest BCUT2D eigenvalue weighted by Crippen LogP contribution is 2.28. The molecule has 1 N–H and O–H groups in total. The van der Waals surface area contributed by atoms with Gasteiger partial charge in [0.2, 0.25) is 0 Å². The molecule has 0 aliphatic heterocycles. The second kappa shape index (κ2) is 11.3. The van der Waals surface area contributed by atoms with E-state index in [9.17, 15) is 0 Å². The summed E-state index contributed by atoms with van der Waals surface area (Å²) in [5.41, 5.74) is 3.86. The van der Waals surface area contributed by atoms with Crippen LogP contribution in [0.5, 0.6) is 11.5 Å². The number of methoxy groups -OCH3 is 1. The van der Waals surface area contributed by atoms with Crippen molar-refractivity contribution in [2.24, 2.45) is 0 Å². The average molecular weight is 390 g/mol. The van der Waals surface area contributed by atoms with Crippen molar-refractivity contribution in [2.75, 3.05) is 13.7 Å². The maximum absolute atomic E-state index is 5.95. The van der Waals surface area contributed by atoms with Gasteiger partial charge in [-0.1, -0.05) is 66.7 Å². The van der Waals surface area contributed by atoms with Gasteiger partial charge in [0, 0.05) is 19.0 Å². The Morgan fingerprint density at radius 2 is 1.41 bits per heavy atom. The minimum absolute atomic E-state index is 0.447. The highest BCUT2D eigenvalue weighted by atomic mass is 16.5. The molecule has 0 spiro atoms. The van der Waals surface area contributed by atoms with Crippen molar-refractivity contribution in [3.63, 3.8) is 0 Å². The molecule has 29 heavy (non-hydrogen) atoms. The summed E-state index contributed by atoms with van der Waals surface area (Å²) >= 11 is 0. The van der Waals surface area contributed by atoms with E-state index in [1.165, 1.54) is 16.7 Å². The van der Waals surface area contributed by atoms with Crippen LogP contribution >= 0.6 is 0 Å². The van der Waals surface area contributed by atoms with E-state index in [0.717, 1.165) is 37.3 Å². The minimum Gasteiger partial charge on any atom is -0.493 e. The zero-order valence-electron chi connectivity index (χ0n) is 17.4. The summed E-state index contributed by atoms with van der Waals surface area (Å²) in [6.45, 7) is 3.69. The molecule has 0 heterocycles. The maximum atomic E-state index is 5.95. The molecule has 0 amide bonds. The van der Waals surface area contributed by atoms with E-state index in [1.54, 1.807) is 7.11 Å². The molecule has 0 radical (unpaired) electrons. The Morgan fingerprint density at radius 3 is 2.07 bits per heavy atom. The molecule has 152 valence electrons. The van der Waals surface area contributed by atoms with Crippen LogP contribution in [0, 0.1) is 0 Å². The third-order valence-electron chi connectivity index (χ3n) is 5.08. The van der Waals surface area contributed by atoms with Crippen LogP contribution in [0.4, 0.5) is 0 Å². The monoisotopic (exact) mass is 389 g/mol.